The highest BCUT2D eigenvalue weighted by atomic mass is 16.1. The lowest BCUT2D eigenvalue weighted by Crippen LogP contribution is -2.21. The second kappa shape index (κ2) is 9.87. The highest BCUT2D eigenvalue weighted by Gasteiger charge is 2.06. The maximum Gasteiger partial charge on any atom is 0.250 e. The maximum absolute atomic E-state index is 11.9. The molecule has 128 valence electrons. The van der Waals surface area contributed by atoms with Crippen LogP contribution in [-0.4, -0.2) is 18.7 Å². The van der Waals surface area contributed by atoms with Crippen molar-refractivity contribution in [1.29, 1.82) is 0 Å². The van der Waals surface area contributed by atoms with Gasteiger partial charge in [0, 0.05) is 47.7 Å². The van der Waals surface area contributed by atoms with E-state index in [1.165, 1.54) is 6.08 Å². The fourth-order valence-corrected chi connectivity index (χ4v) is 1.88. The van der Waals surface area contributed by atoms with Gasteiger partial charge in [-0.05, 0) is 19.1 Å². The average Bonchev–Trinajstić information content (AvgIpc) is 2.50. The number of nitrogens with zero attached hydrogens (tertiary/aromatic N) is 1. The minimum absolute atomic E-state index is 0.232. The average molecular weight is 334 g/mol. The summed E-state index contributed by atoms with van der Waals surface area (Å²) in [5.41, 5.74) is 14.4. The Morgan fingerprint density at radius 1 is 1.32 bits per heavy atom. The van der Waals surface area contributed by atoms with Gasteiger partial charge < -0.3 is 21.7 Å². The van der Waals surface area contributed by atoms with Crippen LogP contribution in [0.3, 0.4) is 0 Å². The molecule has 0 aliphatic carbocycles. The topological polar surface area (TPSA) is 84.4 Å². The Kier molecular flexibility index (Phi) is 7.86. The van der Waals surface area contributed by atoms with E-state index in [1.807, 2.05) is 19.1 Å². The van der Waals surface area contributed by atoms with E-state index in [2.05, 4.69) is 18.5 Å². The van der Waals surface area contributed by atoms with E-state index in [1.54, 1.807) is 41.6 Å². The quantitative estimate of drug-likeness (QED) is 0.378. The molecule has 0 aromatic carbocycles. The fourth-order valence-electron chi connectivity index (χ4n) is 1.88. The van der Waals surface area contributed by atoms with Crippen molar-refractivity contribution in [1.82, 2.24) is 10.2 Å². The van der Waals surface area contributed by atoms with Crippen molar-refractivity contribution in [3.05, 3.63) is 96.4 Å². The van der Waals surface area contributed by atoms with E-state index in [0.29, 0.717) is 22.6 Å². The molecule has 0 spiro atoms. The minimum atomic E-state index is -0.366. The van der Waals surface area contributed by atoms with Gasteiger partial charge in [0.15, 0.2) is 0 Å². The second-order valence-electron chi connectivity index (χ2n) is 5.36. The maximum atomic E-state index is 11.9. The van der Waals surface area contributed by atoms with Crippen molar-refractivity contribution in [2.45, 2.75) is 13.3 Å². The minimum Gasteiger partial charge on any atom is -0.402 e. The number of hydrogen-bond acceptors (Lipinski definition) is 4. The van der Waals surface area contributed by atoms with Crippen molar-refractivity contribution in [2.75, 3.05) is 0 Å². The van der Waals surface area contributed by atoms with Crippen molar-refractivity contribution in [3.63, 3.8) is 0 Å². The lowest BCUT2D eigenvalue weighted by atomic mass is 9.94. The molecule has 1 rings (SSSR count). The van der Waals surface area contributed by atoms with Crippen molar-refractivity contribution < 1.29 is 4.79 Å². The predicted octanol–water partition coefficient (Wildman–Crippen LogP) is 2.18. The Bertz CT molecular complexity index is 724. The van der Waals surface area contributed by atoms with Gasteiger partial charge in [-0.3, -0.25) is 4.79 Å². The number of hydrogen-bond donors (Lipinski definition) is 3. The number of amides is 1. The summed E-state index contributed by atoms with van der Waals surface area (Å²) in [6, 6.07) is 0. The summed E-state index contributed by atoms with van der Waals surface area (Å²) in [6.45, 7) is 9.50. The van der Waals surface area contributed by atoms with Crippen LogP contribution >= 0.6 is 0 Å². The highest BCUT2D eigenvalue weighted by molar-refractivity contribution is 6.23. The van der Waals surface area contributed by atoms with Gasteiger partial charge in [-0.1, -0.05) is 42.9 Å². The van der Waals surface area contributed by atoms with Crippen LogP contribution in [0, 0.1) is 0 Å². The highest BCUT2D eigenvalue weighted by Crippen LogP contribution is 2.15. The van der Waals surface area contributed by atoms with Crippen molar-refractivity contribution in [2.24, 2.45) is 11.5 Å². The molecule has 0 unspecified atom stereocenters. The molecule has 2 radical (unpaired) electrons. The largest absolute Gasteiger partial charge is 0.402 e. The van der Waals surface area contributed by atoms with Crippen LogP contribution in [0.2, 0.25) is 0 Å². The summed E-state index contributed by atoms with van der Waals surface area (Å²) < 4.78 is 0. The molecular weight excluding hydrogens is 311 g/mol. The summed E-state index contributed by atoms with van der Waals surface area (Å²) in [4.78, 5) is 13.6. The first-order valence-corrected chi connectivity index (χ1v) is 7.66. The molecule has 1 aliphatic heterocycles. The molecule has 0 fully saturated rings. The van der Waals surface area contributed by atoms with E-state index < -0.39 is 0 Å². The van der Waals surface area contributed by atoms with Gasteiger partial charge >= 0.3 is 0 Å². The zero-order chi connectivity index (χ0) is 18.8. The van der Waals surface area contributed by atoms with Gasteiger partial charge in [-0.2, -0.15) is 0 Å². The van der Waals surface area contributed by atoms with Crippen LogP contribution in [-0.2, 0) is 4.79 Å². The molecule has 25 heavy (non-hydrogen) atoms. The standard InChI is InChI=1S/C19H23BN4O/c1-4-5-6-7-14(2)23-19(25)11-17(21)10-18(22)13-24-12-16(20)9-8-15(24)3/h4-9,11-13H,2-3,10,21-22H2,1H3,(H,23,25)/b5-4-,7-6-,17-11-,18-13-. The number of nitrogens with one attached hydrogen (secondary N) is 1. The van der Waals surface area contributed by atoms with Crippen LogP contribution in [0.1, 0.15) is 13.3 Å². The Morgan fingerprint density at radius 3 is 2.72 bits per heavy atom. The lowest BCUT2D eigenvalue weighted by molar-refractivity contribution is -0.115. The molecule has 0 bridgehead atoms. The smallest absolute Gasteiger partial charge is 0.250 e. The Hall–Kier alpha value is -3.15. The molecule has 5 N–H and O–H groups in total. The molecule has 0 aromatic rings. The molecule has 0 atom stereocenters. The summed E-state index contributed by atoms with van der Waals surface area (Å²) >= 11 is 0. The first-order valence-electron chi connectivity index (χ1n) is 7.66. The summed E-state index contributed by atoms with van der Waals surface area (Å²) in [5, 5.41) is 2.61. The first-order chi connectivity index (χ1) is 11.8. The molecular formula is C19H23BN4O. The van der Waals surface area contributed by atoms with Crippen LogP contribution in [0.4, 0.5) is 0 Å². The van der Waals surface area contributed by atoms with Crippen molar-refractivity contribution >= 4 is 13.8 Å². The molecule has 1 heterocycles. The van der Waals surface area contributed by atoms with Gasteiger partial charge in [0.1, 0.15) is 7.85 Å². The van der Waals surface area contributed by atoms with Crippen LogP contribution in [0.15, 0.2) is 96.4 Å². The summed E-state index contributed by atoms with van der Waals surface area (Å²) in [6.07, 6.45) is 15.6. The van der Waals surface area contributed by atoms with Gasteiger partial charge in [-0.15, -0.1) is 0 Å². The Balaban J connectivity index is 2.63. The van der Waals surface area contributed by atoms with Crippen LogP contribution in [0.5, 0.6) is 0 Å². The number of rotatable bonds is 7. The zero-order valence-corrected chi connectivity index (χ0v) is 14.4. The summed E-state index contributed by atoms with van der Waals surface area (Å²) in [7, 11) is 5.73. The monoisotopic (exact) mass is 334 g/mol. The Labute approximate surface area is 150 Å². The van der Waals surface area contributed by atoms with Crippen LogP contribution < -0.4 is 16.8 Å². The molecule has 0 saturated carbocycles. The molecule has 5 nitrogen and oxygen atoms in total. The fraction of sp³-hybridized carbons (Fsp3) is 0.105. The van der Waals surface area contributed by atoms with Crippen molar-refractivity contribution in [3.8, 4) is 0 Å². The number of nitrogens with two attached hydrogens (primary N) is 2. The number of carbonyl (C=O) groups excluding carboxylic acids is 1. The lowest BCUT2D eigenvalue weighted by Gasteiger charge is -2.21. The number of allylic oxidation sites excluding steroid dienone is 7. The molecule has 6 heteroatoms. The first kappa shape index (κ1) is 19.9. The summed E-state index contributed by atoms with van der Waals surface area (Å²) in [5.74, 6) is -0.366. The van der Waals surface area contributed by atoms with E-state index in [-0.39, 0.29) is 12.3 Å². The SMILES string of the molecule is [B]C1=CN(/C=C(\N)C/C(N)=C/C(=O)NC(=C)/C=C\C=C/C)C(=C)C=C1. The third-order valence-corrected chi connectivity index (χ3v) is 3.00. The third-order valence-electron chi connectivity index (χ3n) is 3.00. The zero-order valence-electron chi connectivity index (χ0n) is 14.4. The normalized spacial score (nSPS) is 15.8. The van der Waals surface area contributed by atoms with E-state index in [9.17, 15) is 4.79 Å². The van der Waals surface area contributed by atoms with E-state index in [0.717, 1.165) is 5.70 Å². The Morgan fingerprint density at radius 2 is 2.04 bits per heavy atom. The van der Waals surface area contributed by atoms with E-state index in [4.69, 9.17) is 19.3 Å². The van der Waals surface area contributed by atoms with Gasteiger partial charge in [0.2, 0.25) is 5.91 Å². The van der Waals surface area contributed by atoms with E-state index >= 15 is 0 Å². The molecule has 0 aromatic heterocycles. The number of carbonyl (C=O) groups is 1. The van der Waals surface area contributed by atoms with Crippen LogP contribution in [0.25, 0.3) is 0 Å². The molecule has 0 saturated heterocycles. The second-order valence-corrected chi connectivity index (χ2v) is 5.36. The third kappa shape index (κ3) is 7.79. The molecule has 1 amide bonds. The predicted molar refractivity (Wildman–Crippen MR) is 104 cm³/mol. The van der Waals surface area contributed by atoms with Gasteiger partial charge in [0.05, 0.1) is 0 Å². The molecule has 1 aliphatic rings. The van der Waals surface area contributed by atoms with Gasteiger partial charge in [0.25, 0.3) is 0 Å². The van der Waals surface area contributed by atoms with Gasteiger partial charge in [-0.25, -0.2) is 0 Å².